The number of hydrogen-bond donors (Lipinski definition) is 2. The number of halogens is 5. The van der Waals surface area contributed by atoms with Gasteiger partial charge in [-0.3, -0.25) is 4.79 Å². The molecular formula is C16H19Cl2F3N2O3. The molecule has 10 heteroatoms. The Bertz CT molecular complexity index is 642. The average Bonchev–Trinajstić information content (AvgIpc) is 2.55. The zero-order valence-corrected chi connectivity index (χ0v) is 15.6. The maximum Gasteiger partial charge on any atom is 0.422 e. The van der Waals surface area contributed by atoms with E-state index in [0.29, 0.717) is 11.4 Å². The van der Waals surface area contributed by atoms with Crippen molar-refractivity contribution in [3.8, 4) is 0 Å². The number of ether oxygens (including phenoxy) is 1. The molecule has 146 valence electrons. The molecule has 0 aliphatic rings. The highest BCUT2D eigenvalue weighted by molar-refractivity contribution is 6.36. The second-order valence-corrected chi connectivity index (χ2v) is 6.51. The summed E-state index contributed by atoms with van der Waals surface area (Å²) < 4.78 is 40.4. The van der Waals surface area contributed by atoms with Crippen LogP contribution >= 0.6 is 23.2 Å². The zero-order chi connectivity index (χ0) is 19.9. The van der Waals surface area contributed by atoms with Crippen LogP contribution in [-0.4, -0.2) is 37.4 Å². The van der Waals surface area contributed by atoms with Gasteiger partial charge < -0.3 is 15.4 Å². The smallest absolute Gasteiger partial charge is 0.422 e. The topological polar surface area (TPSA) is 67.4 Å². The Balaban J connectivity index is 2.67. The van der Waals surface area contributed by atoms with E-state index in [2.05, 4.69) is 15.4 Å². The summed E-state index contributed by atoms with van der Waals surface area (Å²) in [7, 11) is 0. The lowest BCUT2D eigenvalue weighted by atomic mass is 9.99. The maximum absolute atomic E-state index is 12.2. The molecule has 0 bridgehead atoms. The van der Waals surface area contributed by atoms with Gasteiger partial charge in [-0.25, -0.2) is 4.79 Å². The van der Waals surface area contributed by atoms with Crippen LogP contribution in [0.1, 0.15) is 30.6 Å². The van der Waals surface area contributed by atoms with E-state index in [0.717, 1.165) is 0 Å². The number of nitrogens with one attached hydrogen (secondary N) is 2. The lowest BCUT2D eigenvalue weighted by Crippen LogP contribution is -2.47. The van der Waals surface area contributed by atoms with Gasteiger partial charge in [0.2, 0.25) is 0 Å². The number of hydrogen-bond acceptors (Lipinski definition) is 3. The van der Waals surface area contributed by atoms with Gasteiger partial charge >= 0.3 is 12.3 Å². The van der Waals surface area contributed by atoms with E-state index in [1.807, 2.05) is 6.92 Å². The summed E-state index contributed by atoms with van der Waals surface area (Å²) in [4.78, 5) is 23.7. The van der Waals surface area contributed by atoms with Crippen LogP contribution in [0.25, 0.3) is 0 Å². The molecule has 2 N–H and O–H groups in total. The minimum absolute atomic E-state index is 0.00604. The lowest BCUT2D eigenvalue weighted by molar-refractivity contribution is -0.160. The maximum atomic E-state index is 12.2. The highest BCUT2D eigenvalue weighted by Gasteiger charge is 2.30. The van der Waals surface area contributed by atoms with Crippen molar-refractivity contribution in [1.29, 1.82) is 0 Å². The first kappa shape index (κ1) is 22.4. The van der Waals surface area contributed by atoms with Crippen molar-refractivity contribution < 1.29 is 27.5 Å². The highest BCUT2D eigenvalue weighted by atomic mass is 35.5. The third-order valence-corrected chi connectivity index (χ3v) is 4.21. The van der Waals surface area contributed by atoms with Crippen LogP contribution in [0.4, 0.5) is 18.0 Å². The van der Waals surface area contributed by atoms with Crippen molar-refractivity contribution in [2.45, 2.75) is 32.5 Å². The largest absolute Gasteiger partial charge is 0.440 e. The molecule has 0 aliphatic carbocycles. The fourth-order valence-corrected chi connectivity index (χ4v) is 2.49. The summed E-state index contributed by atoms with van der Waals surface area (Å²) in [6.07, 6.45) is -5.18. The first-order valence-electron chi connectivity index (χ1n) is 7.76. The Labute approximate surface area is 159 Å². The summed E-state index contributed by atoms with van der Waals surface area (Å²) >= 11 is 11.7. The SMILES string of the molecule is CC[C@H](C)[C@@H](CNC(=O)c1ccc(Cl)cc1Cl)NC(=O)OCC(F)(F)F. The van der Waals surface area contributed by atoms with Crippen LogP contribution < -0.4 is 10.6 Å². The minimum Gasteiger partial charge on any atom is -0.440 e. The van der Waals surface area contributed by atoms with Gasteiger partial charge in [-0.05, 0) is 24.1 Å². The molecule has 0 saturated heterocycles. The predicted molar refractivity (Wildman–Crippen MR) is 92.6 cm³/mol. The molecule has 0 radical (unpaired) electrons. The molecule has 1 aromatic rings. The molecule has 1 aromatic carbocycles. The number of alkyl halides is 3. The highest BCUT2D eigenvalue weighted by Crippen LogP contribution is 2.21. The van der Waals surface area contributed by atoms with Crippen LogP contribution in [0.5, 0.6) is 0 Å². The van der Waals surface area contributed by atoms with E-state index in [-0.39, 0.29) is 23.0 Å². The molecule has 0 aromatic heterocycles. The summed E-state index contributed by atoms with van der Waals surface area (Å²) in [5, 5.41) is 5.47. The normalized spacial score (nSPS) is 13.7. The van der Waals surface area contributed by atoms with Crippen molar-refractivity contribution >= 4 is 35.2 Å². The molecule has 0 aliphatic heterocycles. The van der Waals surface area contributed by atoms with Gasteiger partial charge in [0.15, 0.2) is 6.61 Å². The van der Waals surface area contributed by atoms with Crippen molar-refractivity contribution in [3.63, 3.8) is 0 Å². The molecule has 2 amide bonds. The molecule has 0 saturated carbocycles. The second-order valence-electron chi connectivity index (χ2n) is 5.66. The van der Waals surface area contributed by atoms with Crippen molar-refractivity contribution in [3.05, 3.63) is 33.8 Å². The molecule has 0 fully saturated rings. The molecule has 0 spiro atoms. The quantitative estimate of drug-likeness (QED) is 0.693. The van der Waals surface area contributed by atoms with Crippen LogP contribution in [0.3, 0.4) is 0 Å². The molecule has 2 atom stereocenters. The van der Waals surface area contributed by atoms with Crippen LogP contribution in [0, 0.1) is 5.92 Å². The molecule has 0 unspecified atom stereocenters. The molecule has 1 rings (SSSR count). The Morgan fingerprint density at radius 2 is 1.92 bits per heavy atom. The van der Waals surface area contributed by atoms with E-state index in [9.17, 15) is 22.8 Å². The second kappa shape index (κ2) is 9.87. The van der Waals surface area contributed by atoms with Gasteiger partial charge in [0.25, 0.3) is 5.91 Å². The van der Waals surface area contributed by atoms with E-state index in [4.69, 9.17) is 23.2 Å². The van der Waals surface area contributed by atoms with Crippen molar-refractivity contribution in [2.24, 2.45) is 5.92 Å². The fraction of sp³-hybridized carbons (Fsp3) is 0.500. The third kappa shape index (κ3) is 7.70. The summed E-state index contributed by atoms with van der Waals surface area (Å²) in [5.74, 6) is -0.611. The molecular weight excluding hydrogens is 396 g/mol. The number of alkyl carbamates (subject to hydrolysis) is 1. The molecule has 26 heavy (non-hydrogen) atoms. The van der Waals surface area contributed by atoms with Gasteiger partial charge in [-0.2, -0.15) is 13.2 Å². The van der Waals surface area contributed by atoms with E-state index < -0.39 is 30.8 Å². The van der Waals surface area contributed by atoms with Crippen LogP contribution in [0.15, 0.2) is 18.2 Å². The first-order valence-corrected chi connectivity index (χ1v) is 8.52. The lowest BCUT2D eigenvalue weighted by Gasteiger charge is -2.24. The van der Waals surface area contributed by atoms with Gasteiger partial charge in [0, 0.05) is 11.6 Å². The van der Waals surface area contributed by atoms with E-state index in [1.165, 1.54) is 18.2 Å². The van der Waals surface area contributed by atoms with Crippen LogP contribution in [-0.2, 0) is 4.74 Å². The average molecular weight is 415 g/mol. The van der Waals surface area contributed by atoms with E-state index in [1.54, 1.807) is 6.92 Å². The van der Waals surface area contributed by atoms with Crippen molar-refractivity contribution in [2.75, 3.05) is 13.2 Å². The van der Waals surface area contributed by atoms with E-state index >= 15 is 0 Å². The van der Waals surface area contributed by atoms with Gasteiger partial charge in [0.1, 0.15) is 0 Å². The first-order chi connectivity index (χ1) is 12.0. The predicted octanol–water partition coefficient (Wildman–Crippen LogP) is 4.43. The van der Waals surface area contributed by atoms with Gasteiger partial charge in [-0.15, -0.1) is 0 Å². The number of carbonyl (C=O) groups excluding carboxylic acids is 2. The monoisotopic (exact) mass is 414 g/mol. The van der Waals surface area contributed by atoms with Crippen molar-refractivity contribution in [1.82, 2.24) is 10.6 Å². The number of carbonyl (C=O) groups is 2. The molecule has 5 nitrogen and oxygen atoms in total. The van der Waals surface area contributed by atoms with Gasteiger partial charge in [0.05, 0.1) is 16.6 Å². The molecule has 0 heterocycles. The van der Waals surface area contributed by atoms with Crippen LogP contribution in [0.2, 0.25) is 10.0 Å². The standard InChI is InChI=1S/C16H19Cl2F3N2O3/c1-3-9(2)13(23-15(25)26-8-16(19,20)21)7-22-14(24)11-5-4-10(17)6-12(11)18/h4-6,9,13H,3,7-8H2,1-2H3,(H,22,24)(H,23,25)/t9-,13+/m0/s1. The Morgan fingerprint density at radius 1 is 1.27 bits per heavy atom. The fourth-order valence-electron chi connectivity index (χ4n) is 1.99. The number of rotatable bonds is 7. The third-order valence-electron chi connectivity index (χ3n) is 3.66. The van der Waals surface area contributed by atoms with Gasteiger partial charge in [-0.1, -0.05) is 43.5 Å². The summed E-state index contributed by atoms with van der Waals surface area (Å²) in [5.41, 5.74) is 0.193. The number of amides is 2. The Hall–Kier alpha value is -1.67. The minimum atomic E-state index is -4.61. The zero-order valence-electron chi connectivity index (χ0n) is 14.1. The summed E-state index contributed by atoms with van der Waals surface area (Å²) in [6, 6.07) is 3.75. The Morgan fingerprint density at radius 3 is 2.46 bits per heavy atom. The summed E-state index contributed by atoms with van der Waals surface area (Å²) in [6.45, 7) is 1.95. The number of benzene rings is 1. The Kier molecular flexibility index (Phi) is 8.49.